The van der Waals surface area contributed by atoms with Crippen LogP contribution >= 0.6 is 11.8 Å². The number of benzene rings is 2. The van der Waals surface area contributed by atoms with E-state index in [0.29, 0.717) is 22.2 Å². The minimum atomic E-state index is -0.344. The summed E-state index contributed by atoms with van der Waals surface area (Å²) < 4.78 is 12.9. The van der Waals surface area contributed by atoms with Crippen LogP contribution in [0.25, 0.3) is 0 Å². The molecule has 0 aliphatic carbocycles. The maximum Gasteiger partial charge on any atom is 0.255 e. The zero-order valence-corrected chi connectivity index (χ0v) is 13.3. The summed E-state index contributed by atoms with van der Waals surface area (Å²) in [4.78, 5) is 16.2. The smallest absolute Gasteiger partial charge is 0.255 e. The zero-order valence-electron chi connectivity index (χ0n) is 12.5. The lowest BCUT2D eigenvalue weighted by atomic mass is 10.1. The number of thioether (sulfide) groups is 1. The van der Waals surface area contributed by atoms with Crippen LogP contribution in [-0.2, 0) is 5.75 Å². The van der Waals surface area contributed by atoms with Gasteiger partial charge in [-0.25, -0.2) is 9.49 Å². The van der Waals surface area contributed by atoms with Gasteiger partial charge < -0.3 is 11.1 Å². The van der Waals surface area contributed by atoms with Crippen molar-refractivity contribution < 1.29 is 9.18 Å². The summed E-state index contributed by atoms with van der Waals surface area (Å²) in [5, 5.41) is 9.81. The van der Waals surface area contributed by atoms with E-state index < -0.39 is 0 Å². The molecular weight excluding hydrogens is 329 g/mol. The molecule has 0 bridgehead atoms. The molecule has 0 fully saturated rings. The number of hydrogen-bond acceptors (Lipinski definition) is 5. The number of amides is 1. The van der Waals surface area contributed by atoms with Gasteiger partial charge in [-0.2, -0.15) is 4.98 Å². The molecule has 8 heteroatoms. The molecule has 6 nitrogen and oxygen atoms in total. The van der Waals surface area contributed by atoms with Gasteiger partial charge in [-0.3, -0.25) is 4.79 Å². The van der Waals surface area contributed by atoms with Crippen molar-refractivity contribution in [3.05, 3.63) is 65.5 Å². The topological polar surface area (TPSA) is 96.7 Å². The van der Waals surface area contributed by atoms with Crippen LogP contribution in [0.5, 0.6) is 0 Å². The van der Waals surface area contributed by atoms with Crippen LogP contribution < -0.4 is 11.1 Å². The number of hydrogen-bond donors (Lipinski definition) is 3. The third-order valence-corrected chi connectivity index (χ3v) is 4.09. The van der Waals surface area contributed by atoms with E-state index in [1.807, 2.05) is 12.1 Å². The van der Waals surface area contributed by atoms with Crippen molar-refractivity contribution in [2.45, 2.75) is 10.9 Å². The van der Waals surface area contributed by atoms with Crippen LogP contribution in [0.3, 0.4) is 0 Å². The lowest BCUT2D eigenvalue weighted by molar-refractivity contribution is 0.102. The minimum Gasteiger partial charge on any atom is -0.368 e. The monoisotopic (exact) mass is 343 g/mol. The van der Waals surface area contributed by atoms with Crippen LogP contribution in [0, 0.1) is 5.82 Å². The molecule has 0 unspecified atom stereocenters. The standard InChI is InChI=1S/C16H14FN5OS/c17-12-5-7-13(8-6-12)19-14(23)11-3-1-10(2-4-11)9-24-16-20-15(18)21-22-16/h1-8H,9H2,(H,19,23)(H3,18,20,21,22). The number of nitrogens with zero attached hydrogens (tertiary/aromatic N) is 2. The van der Waals surface area contributed by atoms with Gasteiger partial charge in [-0.1, -0.05) is 23.9 Å². The second kappa shape index (κ2) is 7.14. The molecule has 2 aromatic carbocycles. The van der Waals surface area contributed by atoms with Crippen LogP contribution in [0.15, 0.2) is 53.7 Å². The molecule has 3 rings (SSSR count). The molecule has 0 spiro atoms. The number of anilines is 2. The molecule has 24 heavy (non-hydrogen) atoms. The van der Waals surface area contributed by atoms with Gasteiger partial charge in [0.15, 0.2) is 0 Å². The molecule has 0 aliphatic rings. The van der Waals surface area contributed by atoms with Crippen LogP contribution in [-0.4, -0.2) is 21.1 Å². The molecule has 1 aromatic heterocycles. The van der Waals surface area contributed by atoms with Crippen LogP contribution in [0.4, 0.5) is 16.0 Å². The van der Waals surface area contributed by atoms with Crippen molar-refractivity contribution in [1.82, 2.24) is 15.2 Å². The summed E-state index contributed by atoms with van der Waals surface area (Å²) >= 11 is 1.44. The second-order valence-electron chi connectivity index (χ2n) is 4.95. The first-order chi connectivity index (χ1) is 11.6. The fourth-order valence-electron chi connectivity index (χ4n) is 1.96. The Morgan fingerprint density at radius 2 is 1.88 bits per heavy atom. The van der Waals surface area contributed by atoms with E-state index >= 15 is 0 Å². The number of carbonyl (C=O) groups is 1. The highest BCUT2D eigenvalue weighted by Gasteiger charge is 2.07. The van der Waals surface area contributed by atoms with E-state index in [0.717, 1.165) is 5.56 Å². The predicted molar refractivity (Wildman–Crippen MR) is 91.2 cm³/mol. The van der Waals surface area contributed by atoms with Crippen LogP contribution in [0.1, 0.15) is 15.9 Å². The van der Waals surface area contributed by atoms with Gasteiger partial charge in [0.2, 0.25) is 11.1 Å². The first-order valence-corrected chi connectivity index (χ1v) is 8.05. The molecular formula is C16H14FN5OS. The van der Waals surface area contributed by atoms with Crippen LogP contribution in [0.2, 0.25) is 0 Å². The molecule has 4 N–H and O–H groups in total. The van der Waals surface area contributed by atoms with Gasteiger partial charge in [-0.15, -0.1) is 5.10 Å². The number of carbonyl (C=O) groups excluding carboxylic acids is 1. The molecule has 0 radical (unpaired) electrons. The van der Waals surface area contributed by atoms with Crippen molar-refractivity contribution in [3.63, 3.8) is 0 Å². The van der Waals surface area contributed by atoms with E-state index in [4.69, 9.17) is 5.73 Å². The van der Waals surface area contributed by atoms with E-state index in [1.165, 1.54) is 36.0 Å². The van der Waals surface area contributed by atoms with Crippen molar-refractivity contribution in [1.29, 1.82) is 0 Å². The van der Waals surface area contributed by atoms with E-state index in [1.54, 1.807) is 12.1 Å². The Labute approximate surface area is 141 Å². The Bertz CT molecular complexity index is 832. The van der Waals surface area contributed by atoms with Gasteiger partial charge in [0.1, 0.15) is 5.82 Å². The largest absolute Gasteiger partial charge is 0.368 e. The lowest BCUT2D eigenvalue weighted by Gasteiger charge is -2.06. The van der Waals surface area contributed by atoms with Crippen molar-refractivity contribution in [3.8, 4) is 0 Å². The average Bonchev–Trinajstić information content (AvgIpc) is 3.01. The highest BCUT2D eigenvalue weighted by Crippen LogP contribution is 2.20. The van der Waals surface area contributed by atoms with E-state index in [9.17, 15) is 9.18 Å². The maximum absolute atomic E-state index is 12.9. The predicted octanol–water partition coefficient (Wildman–Crippen LogP) is 3.07. The van der Waals surface area contributed by atoms with Gasteiger partial charge in [0, 0.05) is 17.0 Å². The Morgan fingerprint density at radius 1 is 1.17 bits per heavy atom. The zero-order chi connectivity index (χ0) is 16.9. The quantitative estimate of drug-likeness (QED) is 0.619. The Hall–Kier alpha value is -2.87. The summed E-state index contributed by atoms with van der Waals surface area (Å²) in [6, 6.07) is 12.8. The van der Waals surface area contributed by atoms with Crippen molar-refractivity contribution in [2.75, 3.05) is 11.1 Å². The molecule has 1 amide bonds. The van der Waals surface area contributed by atoms with Gasteiger partial charge >= 0.3 is 0 Å². The Morgan fingerprint density at radius 3 is 2.50 bits per heavy atom. The summed E-state index contributed by atoms with van der Waals surface area (Å²) in [6.45, 7) is 0. The summed E-state index contributed by atoms with van der Waals surface area (Å²) in [5.41, 5.74) is 7.56. The van der Waals surface area contributed by atoms with Gasteiger partial charge in [-0.05, 0) is 42.0 Å². The number of nitrogen functional groups attached to an aromatic ring is 1. The number of aromatic amines is 1. The highest BCUT2D eigenvalue weighted by atomic mass is 32.2. The number of halogens is 1. The van der Waals surface area contributed by atoms with Crippen molar-refractivity contribution in [2.24, 2.45) is 0 Å². The maximum atomic E-state index is 12.9. The van der Waals surface area contributed by atoms with Crippen molar-refractivity contribution >= 4 is 29.3 Å². The van der Waals surface area contributed by atoms with Gasteiger partial charge in [0.25, 0.3) is 5.91 Å². The van der Waals surface area contributed by atoms with E-state index in [-0.39, 0.29) is 17.7 Å². The summed E-state index contributed by atoms with van der Waals surface area (Å²) in [7, 11) is 0. The third-order valence-electron chi connectivity index (χ3n) is 3.17. The normalized spacial score (nSPS) is 10.5. The molecule has 122 valence electrons. The van der Waals surface area contributed by atoms with E-state index in [2.05, 4.69) is 20.5 Å². The minimum absolute atomic E-state index is 0.248. The molecule has 0 saturated carbocycles. The number of nitrogens with two attached hydrogens (primary N) is 1. The number of rotatable bonds is 5. The molecule has 0 aliphatic heterocycles. The Balaban J connectivity index is 1.59. The second-order valence-corrected chi connectivity index (χ2v) is 5.89. The first kappa shape index (κ1) is 16.0. The Kier molecular flexibility index (Phi) is 4.76. The molecule has 3 aromatic rings. The highest BCUT2D eigenvalue weighted by molar-refractivity contribution is 7.98. The molecule has 0 saturated heterocycles. The SMILES string of the molecule is Nc1nc(SCc2ccc(C(=O)Nc3ccc(F)cc3)cc2)n[nH]1. The fourth-order valence-corrected chi connectivity index (χ4v) is 2.72. The fraction of sp³-hybridized carbons (Fsp3) is 0.0625. The number of H-pyrrole nitrogens is 1. The summed E-state index contributed by atoms with van der Waals surface area (Å²) in [5.74, 6) is 0.354. The molecule has 1 heterocycles. The summed E-state index contributed by atoms with van der Waals surface area (Å²) in [6.07, 6.45) is 0. The average molecular weight is 343 g/mol. The lowest BCUT2D eigenvalue weighted by Crippen LogP contribution is -2.11. The third kappa shape index (κ3) is 4.11. The first-order valence-electron chi connectivity index (χ1n) is 7.07. The number of aromatic nitrogens is 3. The number of nitrogens with one attached hydrogen (secondary N) is 2. The van der Waals surface area contributed by atoms with Gasteiger partial charge in [0.05, 0.1) is 0 Å². The molecule has 0 atom stereocenters.